The molecule has 1 saturated carbocycles. The molecule has 1 aromatic carbocycles. The van der Waals surface area contributed by atoms with Crippen LogP contribution in [0.4, 0.5) is 11.4 Å². The first-order chi connectivity index (χ1) is 7.65. The van der Waals surface area contributed by atoms with E-state index in [4.69, 9.17) is 5.73 Å². The van der Waals surface area contributed by atoms with Crippen molar-refractivity contribution < 1.29 is 5.11 Å². The molecule has 0 unspecified atom stereocenters. The Morgan fingerprint density at radius 1 is 1.25 bits per heavy atom. The summed E-state index contributed by atoms with van der Waals surface area (Å²) in [6, 6.07) is 6.31. The molecule has 1 aliphatic carbocycles. The summed E-state index contributed by atoms with van der Waals surface area (Å²) in [4.78, 5) is 0. The van der Waals surface area contributed by atoms with Gasteiger partial charge in [-0.2, -0.15) is 0 Å². The third kappa shape index (κ3) is 2.89. The summed E-state index contributed by atoms with van der Waals surface area (Å²) in [5.74, 6) is 0. The second-order valence-electron chi connectivity index (χ2n) is 4.38. The third-order valence-corrected chi connectivity index (χ3v) is 3.56. The molecule has 0 bridgehead atoms. The average Bonchev–Trinajstić information content (AvgIpc) is 2.25. The topological polar surface area (TPSA) is 58.3 Å². The minimum absolute atomic E-state index is 0.111. The molecule has 0 atom stereocenters. The lowest BCUT2D eigenvalue weighted by atomic mass is 9.93. The molecule has 88 valence electrons. The van der Waals surface area contributed by atoms with Crippen molar-refractivity contribution in [2.75, 3.05) is 11.1 Å². The Kier molecular flexibility index (Phi) is 3.71. The first kappa shape index (κ1) is 11.7. The van der Waals surface area contributed by atoms with E-state index in [0.717, 1.165) is 41.5 Å². The van der Waals surface area contributed by atoms with Gasteiger partial charge in [0.25, 0.3) is 0 Å². The molecular formula is C12H17BrN2O. The molecule has 3 nitrogen and oxygen atoms in total. The monoisotopic (exact) mass is 284 g/mol. The first-order valence-corrected chi connectivity index (χ1v) is 6.44. The van der Waals surface area contributed by atoms with Crippen LogP contribution in [0.25, 0.3) is 0 Å². The van der Waals surface area contributed by atoms with Gasteiger partial charge in [-0.3, -0.25) is 0 Å². The van der Waals surface area contributed by atoms with Crippen LogP contribution in [0.5, 0.6) is 0 Å². The second-order valence-corrected chi connectivity index (χ2v) is 5.30. The van der Waals surface area contributed by atoms with Crippen LogP contribution in [0.3, 0.4) is 0 Å². The predicted molar refractivity (Wildman–Crippen MR) is 70.4 cm³/mol. The lowest BCUT2D eigenvalue weighted by Crippen LogP contribution is -2.28. The molecule has 0 spiro atoms. The van der Waals surface area contributed by atoms with Crippen molar-refractivity contribution in [3.63, 3.8) is 0 Å². The van der Waals surface area contributed by atoms with E-state index in [9.17, 15) is 5.11 Å². The molecule has 1 fully saturated rings. The first-order valence-electron chi connectivity index (χ1n) is 5.65. The van der Waals surface area contributed by atoms with Crippen LogP contribution in [0, 0.1) is 0 Å². The summed E-state index contributed by atoms with van der Waals surface area (Å²) in [7, 11) is 0. The van der Waals surface area contributed by atoms with Crippen molar-refractivity contribution in [3.8, 4) is 0 Å². The van der Waals surface area contributed by atoms with Crippen molar-refractivity contribution in [1.82, 2.24) is 0 Å². The standard InChI is InChI=1S/C12H17BrN2O/c13-8-1-6-12(11(14)7-8)15-9-2-4-10(16)5-3-9/h1,6-7,9-10,15-16H,2-5,14H2/t9-,10-. The number of benzene rings is 1. The molecule has 0 heterocycles. The van der Waals surface area contributed by atoms with Gasteiger partial charge in [0, 0.05) is 10.5 Å². The van der Waals surface area contributed by atoms with E-state index in [1.54, 1.807) is 0 Å². The van der Waals surface area contributed by atoms with Gasteiger partial charge in [-0.05, 0) is 43.9 Å². The minimum atomic E-state index is -0.111. The van der Waals surface area contributed by atoms with Crippen LogP contribution < -0.4 is 11.1 Å². The SMILES string of the molecule is Nc1cc(Br)ccc1N[C@H]1CC[C@H](O)CC1. The average molecular weight is 285 g/mol. The van der Waals surface area contributed by atoms with Gasteiger partial charge in [0.05, 0.1) is 17.5 Å². The predicted octanol–water partition coefficient (Wildman–Crippen LogP) is 2.75. The van der Waals surface area contributed by atoms with Gasteiger partial charge in [-0.25, -0.2) is 0 Å². The Hall–Kier alpha value is -0.740. The zero-order valence-corrected chi connectivity index (χ0v) is 10.7. The summed E-state index contributed by atoms with van der Waals surface area (Å²) in [5, 5.41) is 12.9. The lowest BCUT2D eigenvalue weighted by molar-refractivity contribution is 0.126. The van der Waals surface area contributed by atoms with E-state index in [1.807, 2.05) is 18.2 Å². The van der Waals surface area contributed by atoms with Crippen LogP contribution in [-0.2, 0) is 0 Å². The zero-order valence-electron chi connectivity index (χ0n) is 9.12. The molecule has 0 saturated heterocycles. The molecule has 0 radical (unpaired) electrons. The quantitative estimate of drug-likeness (QED) is 0.732. The van der Waals surface area contributed by atoms with E-state index >= 15 is 0 Å². The number of aliphatic hydroxyl groups excluding tert-OH is 1. The van der Waals surface area contributed by atoms with E-state index in [0.29, 0.717) is 6.04 Å². The maximum Gasteiger partial charge on any atom is 0.0576 e. The van der Waals surface area contributed by atoms with Crippen molar-refractivity contribution in [2.24, 2.45) is 0 Å². The summed E-state index contributed by atoms with van der Waals surface area (Å²) >= 11 is 3.39. The fraction of sp³-hybridized carbons (Fsp3) is 0.500. The lowest BCUT2D eigenvalue weighted by Gasteiger charge is -2.27. The number of nitrogens with two attached hydrogens (primary N) is 1. The Bertz CT molecular complexity index is 362. The van der Waals surface area contributed by atoms with Crippen LogP contribution in [-0.4, -0.2) is 17.3 Å². The summed E-state index contributed by atoms with van der Waals surface area (Å²) in [6.45, 7) is 0. The number of nitrogens with one attached hydrogen (secondary N) is 1. The van der Waals surface area contributed by atoms with Gasteiger partial charge >= 0.3 is 0 Å². The molecule has 4 heteroatoms. The normalized spacial score (nSPS) is 25.4. The molecule has 16 heavy (non-hydrogen) atoms. The molecule has 1 aliphatic rings. The van der Waals surface area contributed by atoms with Gasteiger partial charge in [0.1, 0.15) is 0 Å². The molecule has 0 aliphatic heterocycles. The highest BCUT2D eigenvalue weighted by atomic mass is 79.9. The summed E-state index contributed by atoms with van der Waals surface area (Å²) < 4.78 is 0.995. The van der Waals surface area contributed by atoms with Crippen LogP contribution >= 0.6 is 15.9 Å². The van der Waals surface area contributed by atoms with Gasteiger partial charge < -0.3 is 16.2 Å². The fourth-order valence-corrected chi connectivity index (χ4v) is 2.48. The number of halogens is 1. The van der Waals surface area contributed by atoms with Gasteiger partial charge in [-0.15, -0.1) is 0 Å². The summed E-state index contributed by atoms with van der Waals surface area (Å²) in [5.41, 5.74) is 7.68. The van der Waals surface area contributed by atoms with Crippen molar-refractivity contribution in [1.29, 1.82) is 0 Å². The highest BCUT2D eigenvalue weighted by molar-refractivity contribution is 9.10. The van der Waals surface area contributed by atoms with Gasteiger partial charge in [0.15, 0.2) is 0 Å². The van der Waals surface area contributed by atoms with E-state index in [2.05, 4.69) is 21.2 Å². The number of hydrogen-bond donors (Lipinski definition) is 3. The van der Waals surface area contributed by atoms with Crippen molar-refractivity contribution in [2.45, 2.75) is 37.8 Å². The Morgan fingerprint density at radius 3 is 2.56 bits per heavy atom. The molecule has 4 N–H and O–H groups in total. The second kappa shape index (κ2) is 5.06. The Morgan fingerprint density at radius 2 is 1.94 bits per heavy atom. The highest BCUT2D eigenvalue weighted by Gasteiger charge is 2.19. The minimum Gasteiger partial charge on any atom is -0.397 e. The maximum atomic E-state index is 9.43. The third-order valence-electron chi connectivity index (χ3n) is 3.07. The van der Waals surface area contributed by atoms with Crippen LogP contribution in [0.2, 0.25) is 0 Å². The largest absolute Gasteiger partial charge is 0.397 e. The number of rotatable bonds is 2. The van der Waals surface area contributed by atoms with Crippen LogP contribution in [0.15, 0.2) is 22.7 Å². The summed E-state index contributed by atoms with van der Waals surface area (Å²) in [6.07, 6.45) is 3.68. The molecule has 2 rings (SSSR count). The molecule has 0 aromatic heterocycles. The van der Waals surface area contributed by atoms with Crippen LogP contribution in [0.1, 0.15) is 25.7 Å². The van der Waals surface area contributed by atoms with Gasteiger partial charge in [-0.1, -0.05) is 15.9 Å². The number of nitrogen functional groups attached to an aromatic ring is 1. The number of anilines is 2. The van der Waals surface area contributed by atoms with E-state index in [-0.39, 0.29) is 6.10 Å². The molecule has 1 aromatic rings. The highest BCUT2D eigenvalue weighted by Crippen LogP contribution is 2.27. The fourth-order valence-electron chi connectivity index (χ4n) is 2.11. The number of hydrogen-bond acceptors (Lipinski definition) is 3. The zero-order chi connectivity index (χ0) is 11.5. The number of aliphatic hydroxyl groups is 1. The van der Waals surface area contributed by atoms with Crippen molar-refractivity contribution in [3.05, 3.63) is 22.7 Å². The van der Waals surface area contributed by atoms with Crippen molar-refractivity contribution >= 4 is 27.3 Å². The maximum absolute atomic E-state index is 9.43. The van der Waals surface area contributed by atoms with E-state index in [1.165, 1.54) is 0 Å². The Balaban J connectivity index is 1.98. The Labute approximate surface area is 104 Å². The molecule has 0 amide bonds. The van der Waals surface area contributed by atoms with E-state index < -0.39 is 0 Å². The van der Waals surface area contributed by atoms with Gasteiger partial charge in [0.2, 0.25) is 0 Å². The molecular weight excluding hydrogens is 268 g/mol. The smallest absolute Gasteiger partial charge is 0.0576 e.